The zero-order chi connectivity index (χ0) is 22.1. The fourth-order valence-corrected chi connectivity index (χ4v) is 3.35. The molecule has 30 heavy (non-hydrogen) atoms. The summed E-state index contributed by atoms with van der Waals surface area (Å²) >= 11 is 11.9. The Balaban J connectivity index is 1.85. The van der Waals surface area contributed by atoms with E-state index in [1.807, 2.05) is 27.7 Å². The summed E-state index contributed by atoms with van der Waals surface area (Å²) in [6.07, 6.45) is 0.645. The second kappa shape index (κ2) is 8.83. The van der Waals surface area contributed by atoms with Crippen LogP contribution in [0.1, 0.15) is 52.5 Å². The van der Waals surface area contributed by atoms with Gasteiger partial charge in [-0.15, -0.1) is 0 Å². The first-order valence-electron chi connectivity index (χ1n) is 9.75. The van der Waals surface area contributed by atoms with Crippen LogP contribution < -0.4 is 21.3 Å². The highest BCUT2D eigenvalue weighted by molar-refractivity contribution is 6.42. The Hall–Kier alpha value is -2.29. The minimum Gasteiger partial charge on any atom is -0.322 e. The summed E-state index contributed by atoms with van der Waals surface area (Å²) in [4.78, 5) is 24.7. The predicted octanol–water partition coefficient (Wildman–Crippen LogP) is 4.48. The van der Waals surface area contributed by atoms with Crippen LogP contribution in [0.15, 0.2) is 24.3 Å². The summed E-state index contributed by atoms with van der Waals surface area (Å²) < 4.78 is 1.59. The molecule has 10 heteroatoms. The van der Waals surface area contributed by atoms with Gasteiger partial charge in [0.05, 0.1) is 15.7 Å². The Morgan fingerprint density at radius 1 is 1.23 bits per heavy atom. The van der Waals surface area contributed by atoms with Crippen LogP contribution in [-0.2, 0) is 10.2 Å². The predicted molar refractivity (Wildman–Crippen MR) is 119 cm³/mol. The van der Waals surface area contributed by atoms with Crippen LogP contribution in [0.4, 0.5) is 16.3 Å². The van der Waals surface area contributed by atoms with Crippen LogP contribution in [-0.4, -0.2) is 27.8 Å². The lowest BCUT2D eigenvalue weighted by atomic mass is 9.92. The van der Waals surface area contributed by atoms with Gasteiger partial charge in [0.15, 0.2) is 6.29 Å². The van der Waals surface area contributed by atoms with Crippen molar-refractivity contribution in [2.45, 2.75) is 58.3 Å². The fourth-order valence-electron chi connectivity index (χ4n) is 3.06. The Morgan fingerprint density at radius 3 is 2.60 bits per heavy atom. The van der Waals surface area contributed by atoms with Gasteiger partial charge in [-0.3, -0.25) is 15.4 Å². The van der Waals surface area contributed by atoms with Gasteiger partial charge in [-0.2, -0.15) is 5.10 Å². The molecule has 1 aliphatic rings. The number of rotatable bonds is 4. The monoisotopic (exact) mass is 452 g/mol. The van der Waals surface area contributed by atoms with Gasteiger partial charge < -0.3 is 10.6 Å². The second-order valence-electron chi connectivity index (χ2n) is 8.26. The van der Waals surface area contributed by atoms with Gasteiger partial charge in [0.2, 0.25) is 5.91 Å². The van der Waals surface area contributed by atoms with E-state index in [4.69, 9.17) is 23.2 Å². The van der Waals surface area contributed by atoms with Gasteiger partial charge in [-0.1, -0.05) is 50.9 Å². The van der Waals surface area contributed by atoms with Crippen LogP contribution >= 0.6 is 23.2 Å². The standard InChI is InChI=1S/C20H26Cl2N6O2/c1-5-11-9-17(29)26-18(23-11)28-16(10-15(27-28)20(2,3)4)25-19(30)24-12-6-7-13(21)14(22)8-12/h6-8,10-11,18,23H,5,9H2,1-4H3,(H,26,29)(H2,24,25,30). The lowest BCUT2D eigenvalue weighted by molar-refractivity contribution is -0.125. The van der Waals surface area contributed by atoms with Gasteiger partial charge in [0.1, 0.15) is 5.82 Å². The first-order chi connectivity index (χ1) is 14.1. The number of hydrogen-bond acceptors (Lipinski definition) is 4. The van der Waals surface area contributed by atoms with Crippen molar-refractivity contribution in [1.82, 2.24) is 20.4 Å². The maximum absolute atomic E-state index is 12.6. The average molecular weight is 453 g/mol. The number of amides is 3. The number of nitrogens with zero attached hydrogens (tertiary/aromatic N) is 2. The van der Waals surface area contributed by atoms with Crippen molar-refractivity contribution < 1.29 is 9.59 Å². The molecule has 1 aliphatic heterocycles. The van der Waals surface area contributed by atoms with Gasteiger partial charge in [0.25, 0.3) is 0 Å². The summed E-state index contributed by atoms with van der Waals surface area (Å²) in [5, 5.41) is 17.2. The highest BCUT2D eigenvalue weighted by Crippen LogP contribution is 2.27. The van der Waals surface area contributed by atoms with Crippen molar-refractivity contribution in [1.29, 1.82) is 0 Å². The molecule has 3 rings (SSSR count). The molecule has 0 radical (unpaired) electrons. The summed E-state index contributed by atoms with van der Waals surface area (Å²) in [5.41, 5.74) is 1.03. The van der Waals surface area contributed by atoms with E-state index in [2.05, 4.69) is 26.4 Å². The number of urea groups is 1. The number of benzene rings is 1. The average Bonchev–Trinajstić information content (AvgIpc) is 3.08. The molecule has 3 amide bonds. The summed E-state index contributed by atoms with van der Waals surface area (Å²) in [6, 6.07) is 6.19. The Bertz CT molecular complexity index is 953. The van der Waals surface area contributed by atoms with E-state index in [9.17, 15) is 9.59 Å². The zero-order valence-electron chi connectivity index (χ0n) is 17.3. The van der Waals surface area contributed by atoms with E-state index in [0.29, 0.717) is 28.0 Å². The number of carbonyl (C=O) groups excluding carboxylic acids is 2. The number of aromatic nitrogens is 2. The molecule has 1 saturated heterocycles. The minimum absolute atomic E-state index is 0.0314. The summed E-state index contributed by atoms with van der Waals surface area (Å²) in [5.74, 6) is 0.386. The molecule has 4 N–H and O–H groups in total. The molecule has 0 saturated carbocycles. The SMILES string of the molecule is CCC1CC(=O)NC(n2nc(C(C)(C)C)cc2NC(=O)Nc2ccc(Cl)c(Cl)c2)N1. The molecule has 1 fully saturated rings. The van der Waals surface area contributed by atoms with Crippen molar-refractivity contribution in [3.8, 4) is 0 Å². The molecular formula is C20H26Cl2N6O2. The molecule has 2 atom stereocenters. The Morgan fingerprint density at radius 2 is 1.97 bits per heavy atom. The van der Waals surface area contributed by atoms with Crippen LogP contribution in [0.25, 0.3) is 0 Å². The van der Waals surface area contributed by atoms with E-state index >= 15 is 0 Å². The molecular weight excluding hydrogens is 427 g/mol. The fraction of sp³-hybridized carbons (Fsp3) is 0.450. The Kier molecular flexibility index (Phi) is 6.59. The molecule has 0 aliphatic carbocycles. The second-order valence-corrected chi connectivity index (χ2v) is 9.08. The van der Waals surface area contributed by atoms with Crippen LogP contribution in [0.3, 0.4) is 0 Å². The molecule has 2 heterocycles. The number of nitrogens with one attached hydrogen (secondary N) is 4. The summed E-state index contributed by atoms with van der Waals surface area (Å²) in [6.45, 7) is 8.10. The maximum Gasteiger partial charge on any atom is 0.324 e. The van der Waals surface area contributed by atoms with E-state index in [-0.39, 0.29) is 17.4 Å². The topological polar surface area (TPSA) is 100 Å². The number of halogens is 2. The summed E-state index contributed by atoms with van der Waals surface area (Å²) in [7, 11) is 0. The van der Waals surface area contributed by atoms with E-state index in [1.54, 1.807) is 28.9 Å². The van der Waals surface area contributed by atoms with Gasteiger partial charge >= 0.3 is 6.03 Å². The van der Waals surface area contributed by atoms with Crippen LogP contribution in [0.5, 0.6) is 0 Å². The third-order valence-electron chi connectivity index (χ3n) is 4.78. The van der Waals surface area contributed by atoms with Crippen LogP contribution in [0.2, 0.25) is 10.0 Å². The van der Waals surface area contributed by atoms with Crippen molar-refractivity contribution in [3.63, 3.8) is 0 Å². The smallest absolute Gasteiger partial charge is 0.322 e. The van der Waals surface area contributed by atoms with Crippen molar-refractivity contribution >= 4 is 46.6 Å². The van der Waals surface area contributed by atoms with Gasteiger partial charge in [-0.05, 0) is 24.6 Å². The molecule has 0 spiro atoms. The number of carbonyl (C=O) groups is 2. The molecule has 2 aromatic rings. The first-order valence-corrected chi connectivity index (χ1v) is 10.5. The van der Waals surface area contributed by atoms with E-state index in [0.717, 1.165) is 12.1 Å². The molecule has 162 valence electrons. The van der Waals surface area contributed by atoms with Crippen molar-refractivity contribution in [2.24, 2.45) is 0 Å². The lowest BCUT2D eigenvalue weighted by Crippen LogP contribution is -2.53. The normalized spacial score (nSPS) is 19.3. The quantitative estimate of drug-likeness (QED) is 0.549. The number of hydrogen-bond donors (Lipinski definition) is 4. The molecule has 8 nitrogen and oxygen atoms in total. The largest absolute Gasteiger partial charge is 0.324 e. The minimum atomic E-state index is -0.562. The lowest BCUT2D eigenvalue weighted by Gasteiger charge is -2.32. The van der Waals surface area contributed by atoms with Crippen molar-refractivity contribution in [3.05, 3.63) is 40.0 Å². The Labute approximate surface area is 185 Å². The first kappa shape index (κ1) is 22.4. The zero-order valence-corrected chi connectivity index (χ0v) is 18.9. The molecule has 1 aromatic heterocycles. The number of anilines is 2. The van der Waals surface area contributed by atoms with Gasteiger partial charge in [-0.25, -0.2) is 9.48 Å². The molecule has 1 aromatic carbocycles. The van der Waals surface area contributed by atoms with Gasteiger partial charge in [0, 0.05) is 29.6 Å². The third-order valence-corrected chi connectivity index (χ3v) is 5.52. The molecule has 0 bridgehead atoms. The molecule has 2 unspecified atom stereocenters. The third kappa shape index (κ3) is 5.24. The van der Waals surface area contributed by atoms with Crippen LogP contribution in [0, 0.1) is 0 Å². The highest BCUT2D eigenvalue weighted by Gasteiger charge is 2.30. The maximum atomic E-state index is 12.6. The highest BCUT2D eigenvalue weighted by atomic mass is 35.5. The van der Waals surface area contributed by atoms with E-state index < -0.39 is 12.3 Å². The van der Waals surface area contributed by atoms with Crippen molar-refractivity contribution in [2.75, 3.05) is 10.6 Å². The van der Waals surface area contributed by atoms with E-state index in [1.165, 1.54) is 0 Å².